The predicted octanol–water partition coefficient (Wildman–Crippen LogP) is 10.2. The summed E-state index contributed by atoms with van der Waals surface area (Å²) < 4.78 is 6.82. The Kier molecular flexibility index (Phi) is 6.42. The number of fused-ring (bicyclic) bond motifs is 5. The van der Waals surface area contributed by atoms with Crippen molar-refractivity contribution in [2.45, 2.75) is 39.5 Å². The number of nitrogens with zero attached hydrogens (tertiary/aromatic N) is 5. The molecular weight excluding hydrogens is 550 g/mol. The molecule has 3 aromatic heterocycles. The zero-order chi connectivity index (χ0) is 30.7. The van der Waals surface area contributed by atoms with Gasteiger partial charge in [0.1, 0.15) is 5.82 Å². The molecule has 0 fully saturated rings. The minimum Gasteiger partial charge on any atom is -0.299 e. The fourth-order valence-electron chi connectivity index (χ4n) is 6.76. The van der Waals surface area contributed by atoms with Gasteiger partial charge in [-0.3, -0.25) is 13.5 Å². The molecule has 5 aromatic carbocycles. The van der Waals surface area contributed by atoms with Gasteiger partial charge in [-0.05, 0) is 76.6 Å². The Morgan fingerprint density at radius 2 is 1.20 bits per heavy atom. The van der Waals surface area contributed by atoms with Gasteiger partial charge < -0.3 is 0 Å². The molecule has 0 aliphatic carbocycles. The first-order valence-electron chi connectivity index (χ1n) is 15.7. The average Bonchev–Trinajstić information content (AvgIpc) is 3.78. The number of rotatable bonds is 6. The van der Waals surface area contributed by atoms with Crippen LogP contribution in [-0.2, 0) is 0 Å². The molecule has 0 N–H and O–H groups in total. The van der Waals surface area contributed by atoms with E-state index in [1.165, 1.54) is 16.8 Å². The molecule has 0 amide bonds. The van der Waals surface area contributed by atoms with Gasteiger partial charge in [-0.25, -0.2) is 9.97 Å². The molecule has 0 unspecified atom stereocenters. The summed E-state index contributed by atoms with van der Waals surface area (Å²) in [5.74, 6) is 2.65. The van der Waals surface area contributed by atoms with Crippen molar-refractivity contribution >= 4 is 27.8 Å². The normalized spacial score (nSPS) is 12.0. The van der Waals surface area contributed by atoms with Crippen LogP contribution in [0.5, 0.6) is 0 Å². The molecule has 0 spiro atoms. The molecule has 0 saturated carbocycles. The lowest BCUT2D eigenvalue weighted by Crippen LogP contribution is -2.07. The van der Waals surface area contributed by atoms with Crippen LogP contribution in [0.4, 0.5) is 0 Å². The maximum atomic E-state index is 5.07. The Balaban J connectivity index is 1.26. The van der Waals surface area contributed by atoms with Crippen molar-refractivity contribution in [1.82, 2.24) is 23.5 Å². The van der Waals surface area contributed by atoms with E-state index in [4.69, 9.17) is 9.97 Å². The smallest absolute Gasteiger partial charge is 0.220 e. The number of imidazole rings is 3. The Bertz CT molecular complexity index is 2320. The third-order valence-electron chi connectivity index (χ3n) is 8.89. The lowest BCUT2D eigenvalue weighted by atomic mass is 9.92. The molecule has 220 valence electrons. The third kappa shape index (κ3) is 4.38. The minimum absolute atomic E-state index is 0.395. The first kappa shape index (κ1) is 27.2. The molecule has 8 rings (SSSR count). The SMILES string of the molecule is CC(C)c1cccc(C(C)C)c1-n1ccnc1-c1cccc(-c2cccc(-n3c4ccccc4n4c5ccccc5nc34)c2)c1. The summed E-state index contributed by atoms with van der Waals surface area (Å²) in [6.45, 7) is 9.06. The van der Waals surface area contributed by atoms with Crippen LogP contribution in [0.3, 0.4) is 0 Å². The van der Waals surface area contributed by atoms with Crippen LogP contribution in [-0.4, -0.2) is 23.5 Å². The lowest BCUT2D eigenvalue weighted by molar-refractivity contribution is 0.807. The summed E-state index contributed by atoms with van der Waals surface area (Å²) >= 11 is 0. The van der Waals surface area contributed by atoms with Crippen LogP contribution in [0.15, 0.2) is 128 Å². The highest BCUT2D eigenvalue weighted by molar-refractivity contribution is 5.92. The van der Waals surface area contributed by atoms with Gasteiger partial charge in [-0.1, -0.05) is 100 Å². The Morgan fingerprint density at radius 3 is 1.96 bits per heavy atom. The third-order valence-corrected chi connectivity index (χ3v) is 8.89. The number of para-hydroxylation sites is 5. The molecule has 0 radical (unpaired) electrons. The standard InChI is InChI=1S/C40H35N5/c1-26(2)32-16-11-17-33(27(3)4)38(32)43-23-22-41-39(43)30-14-9-12-28(24-30)29-13-10-15-31(25-29)44-36-20-7-8-21-37(36)45-35-19-6-5-18-34(35)42-40(44)45/h5-27H,1-4H3. The zero-order valence-corrected chi connectivity index (χ0v) is 26.0. The number of aromatic nitrogens is 5. The number of hydrogen-bond acceptors (Lipinski definition) is 2. The highest BCUT2D eigenvalue weighted by Gasteiger charge is 2.20. The molecule has 3 heterocycles. The van der Waals surface area contributed by atoms with Gasteiger partial charge in [-0.15, -0.1) is 0 Å². The van der Waals surface area contributed by atoms with Gasteiger partial charge in [0.2, 0.25) is 5.78 Å². The molecule has 8 aromatic rings. The van der Waals surface area contributed by atoms with Crippen molar-refractivity contribution in [2.75, 3.05) is 0 Å². The van der Waals surface area contributed by atoms with Crippen molar-refractivity contribution in [3.05, 3.63) is 139 Å². The molecule has 0 bridgehead atoms. The van der Waals surface area contributed by atoms with Crippen molar-refractivity contribution < 1.29 is 0 Å². The van der Waals surface area contributed by atoms with Gasteiger partial charge in [0.25, 0.3) is 0 Å². The molecule has 5 nitrogen and oxygen atoms in total. The largest absolute Gasteiger partial charge is 0.299 e. The maximum absolute atomic E-state index is 5.07. The van der Waals surface area contributed by atoms with Crippen molar-refractivity contribution in [3.8, 4) is 33.9 Å². The first-order chi connectivity index (χ1) is 22.0. The second-order valence-corrected chi connectivity index (χ2v) is 12.4. The predicted molar refractivity (Wildman–Crippen MR) is 186 cm³/mol. The van der Waals surface area contributed by atoms with Crippen LogP contribution < -0.4 is 0 Å². The molecule has 0 aliphatic rings. The van der Waals surface area contributed by atoms with E-state index in [1.54, 1.807) is 0 Å². The Morgan fingerprint density at radius 1 is 0.578 bits per heavy atom. The summed E-state index contributed by atoms with van der Waals surface area (Å²) in [5.41, 5.74) is 12.7. The monoisotopic (exact) mass is 585 g/mol. The van der Waals surface area contributed by atoms with E-state index in [0.717, 1.165) is 56.0 Å². The van der Waals surface area contributed by atoms with Gasteiger partial charge in [-0.2, -0.15) is 0 Å². The van der Waals surface area contributed by atoms with Gasteiger partial charge in [0, 0.05) is 23.6 Å². The molecular formula is C40H35N5. The average molecular weight is 586 g/mol. The van der Waals surface area contributed by atoms with E-state index in [0.29, 0.717) is 11.8 Å². The van der Waals surface area contributed by atoms with E-state index in [9.17, 15) is 0 Å². The fraction of sp³-hybridized carbons (Fsp3) is 0.150. The van der Waals surface area contributed by atoms with Crippen LogP contribution >= 0.6 is 0 Å². The van der Waals surface area contributed by atoms with E-state index in [1.807, 2.05) is 12.3 Å². The summed E-state index contributed by atoms with van der Waals surface area (Å²) in [6, 6.07) is 41.1. The van der Waals surface area contributed by atoms with Crippen LogP contribution in [0.25, 0.3) is 61.7 Å². The van der Waals surface area contributed by atoms with Crippen LogP contribution in [0, 0.1) is 0 Å². The van der Waals surface area contributed by atoms with Gasteiger partial charge in [0.15, 0.2) is 0 Å². The van der Waals surface area contributed by atoms with E-state index >= 15 is 0 Å². The van der Waals surface area contributed by atoms with E-state index in [2.05, 4.69) is 157 Å². The summed E-state index contributed by atoms with van der Waals surface area (Å²) in [5, 5.41) is 0. The van der Waals surface area contributed by atoms with Gasteiger partial charge >= 0.3 is 0 Å². The summed E-state index contributed by atoms with van der Waals surface area (Å²) in [7, 11) is 0. The number of hydrogen-bond donors (Lipinski definition) is 0. The quantitative estimate of drug-likeness (QED) is 0.195. The Hall–Kier alpha value is -5.42. The van der Waals surface area contributed by atoms with Crippen molar-refractivity contribution in [3.63, 3.8) is 0 Å². The van der Waals surface area contributed by atoms with Crippen LogP contribution in [0.1, 0.15) is 50.7 Å². The second-order valence-electron chi connectivity index (χ2n) is 12.4. The van der Waals surface area contributed by atoms with E-state index in [-0.39, 0.29) is 0 Å². The molecule has 0 saturated heterocycles. The molecule has 0 atom stereocenters. The fourth-order valence-corrected chi connectivity index (χ4v) is 6.76. The highest BCUT2D eigenvalue weighted by atomic mass is 15.2. The molecule has 5 heteroatoms. The molecule has 45 heavy (non-hydrogen) atoms. The second kappa shape index (κ2) is 10.6. The van der Waals surface area contributed by atoms with Crippen molar-refractivity contribution in [2.24, 2.45) is 0 Å². The Labute approximate surface area is 263 Å². The number of benzene rings is 5. The zero-order valence-electron chi connectivity index (χ0n) is 26.0. The van der Waals surface area contributed by atoms with Crippen molar-refractivity contribution in [1.29, 1.82) is 0 Å². The first-order valence-corrected chi connectivity index (χ1v) is 15.7. The topological polar surface area (TPSA) is 40.0 Å². The van der Waals surface area contributed by atoms with Gasteiger partial charge in [0.05, 0.1) is 27.8 Å². The minimum atomic E-state index is 0.395. The van der Waals surface area contributed by atoms with E-state index < -0.39 is 0 Å². The lowest BCUT2D eigenvalue weighted by Gasteiger charge is -2.22. The van der Waals surface area contributed by atoms with Crippen LogP contribution in [0.2, 0.25) is 0 Å². The molecule has 0 aliphatic heterocycles. The highest BCUT2D eigenvalue weighted by Crippen LogP contribution is 2.36. The maximum Gasteiger partial charge on any atom is 0.220 e. The summed E-state index contributed by atoms with van der Waals surface area (Å²) in [4.78, 5) is 9.96. The summed E-state index contributed by atoms with van der Waals surface area (Å²) in [6.07, 6.45) is 4.02.